The summed E-state index contributed by atoms with van der Waals surface area (Å²) in [6, 6.07) is 0. The minimum atomic E-state index is -3.22. The number of likely N-dealkylation sites (N-methyl/N-ethyl adjacent to an activating group) is 1. The minimum Gasteiger partial charge on any atom is -0.544 e. The monoisotopic (exact) mass is 406 g/mol. The second-order valence-electron chi connectivity index (χ2n) is 8.29. The summed E-state index contributed by atoms with van der Waals surface area (Å²) in [6.45, 7) is 3.12. The van der Waals surface area contributed by atoms with Gasteiger partial charge < -0.3 is 14.4 Å². The van der Waals surface area contributed by atoms with Crippen LogP contribution in [0.5, 0.6) is 0 Å². The van der Waals surface area contributed by atoms with Crippen LogP contribution in [0.4, 0.5) is 0 Å². The fourth-order valence-electron chi connectivity index (χ4n) is 3.19. The summed E-state index contributed by atoms with van der Waals surface area (Å²) in [7, 11) is 0.384. The number of unbranched alkanes of at least 4 members (excludes halogenated alkanes) is 10. The van der Waals surface area contributed by atoms with Crippen molar-refractivity contribution in [2.24, 2.45) is 0 Å². The van der Waals surface area contributed by atoms with E-state index in [0.29, 0.717) is 30.4 Å². The summed E-state index contributed by atoms with van der Waals surface area (Å²) in [5, 5.41) is 10.7. The molecule has 0 spiro atoms. The molecule has 0 atom stereocenters. The molecule has 0 aromatic heterocycles. The van der Waals surface area contributed by atoms with Gasteiger partial charge in [0.2, 0.25) is 10.0 Å². The minimum absolute atomic E-state index is 0.0640. The van der Waals surface area contributed by atoms with E-state index in [9.17, 15) is 18.3 Å². The quantitative estimate of drug-likeness (QED) is 0.264. The summed E-state index contributed by atoms with van der Waals surface area (Å²) >= 11 is 0. The molecule has 0 unspecified atom stereocenters. The molecule has 6 nitrogen and oxygen atoms in total. The van der Waals surface area contributed by atoms with Crippen LogP contribution < -0.4 is 9.83 Å². The zero-order valence-corrected chi connectivity index (χ0v) is 18.6. The van der Waals surface area contributed by atoms with E-state index in [4.69, 9.17) is 0 Å². The lowest BCUT2D eigenvalue weighted by Crippen LogP contribution is -2.49. The highest BCUT2D eigenvalue weighted by Crippen LogP contribution is 2.11. The van der Waals surface area contributed by atoms with E-state index in [1.165, 1.54) is 51.4 Å². The topological polar surface area (TPSA) is 86.3 Å². The zero-order valence-electron chi connectivity index (χ0n) is 17.8. The number of quaternary nitrogens is 1. The Kier molecular flexibility index (Phi) is 14.9. The summed E-state index contributed by atoms with van der Waals surface area (Å²) < 4.78 is 26.9. The number of carbonyl (C=O) groups is 1. The largest absolute Gasteiger partial charge is 0.544 e. The molecule has 0 aromatic rings. The third-order valence-corrected chi connectivity index (χ3v) is 6.31. The third-order valence-electron chi connectivity index (χ3n) is 4.84. The Balaban J connectivity index is 3.59. The van der Waals surface area contributed by atoms with E-state index in [-0.39, 0.29) is 12.3 Å². The molecule has 0 bridgehead atoms. The van der Waals surface area contributed by atoms with Gasteiger partial charge >= 0.3 is 0 Å². The first kappa shape index (κ1) is 26.3. The Morgan fingerprint density at radius 2 is 1.33 bits per heavy atom. The third kappa shape index (κ3) is 18.5. The molecule has 0 radical (unpaired) electrons. The van der Waals surface area contributed by atoms with Gasteiger partial charge in [0.25, 0.3) is 0 Å². The van der Waals surface area contributed by atoms with Gasteiger partial charge in [-0.3, -0.25) is 0 Å². The molecular formula is C20H42N2O4S. The number of carboxylic acid groups (broad SMARTS) is 1. The molecule has 7 heteroatoms. The molecule has 0 rings (SSSR count). The summed E-state index contributed by atoms with van der Waals surface area (Å²) in [5.74, 6) is -0.904. The Morgan fingerprint density at radius 3 is 1.81 bits per heavy atom. The lowest BCUT2D eigenvalue weighted by molar-refractivity contribution is -0.884. The van der Waals surface area contributed by atoms with Crippen molar-refractivity contribution in [3.63, 3.8) is 0 Å². The van der Waals surface area contributed by atoms with Crippen molar-refractivity contribution < 1.29 is 22.8 Å². The van der Waals surface area contributed by atoms with E-state index in [1.807, 2.05) is 0 Å². The number of carboxylic acids is 1. The van der Waals surface area contributed by atoms with Crippen molar-refractivity contribution in [3.8, 4) is 0 Å². The van der Waals surface area contributed by atoms with Gasteiger partial charge in [-0.25, -0.2) is 13.1 Å². The number of carbonyl (C=O) groups excluding carboxylic acids is 1. The van der Waals surface area contributed by atoms with Crippen LogP contribution in [0.1, 0.15) is 84.0 Å². The van der Waals surface area contributed by atoms with Crippen molar-refractivity contribution in [2.75, 3.05) is 39.5 Å². The Labute approximate surface area is 167 Å². The highest BCUT2D eigenvalue weighted by Gasteiger charge is 2.15. The number of rotatable bonds is 19. The average molecular weight is 407 g/mol. The predicted molar refractivity (Wildman–Crippen MR) is 110 cm³/mol. The van der Waals surface area contributed by atoms with E-state index in [1.54, 1.807) is 14.1 Å². The maximum Gasteiger partial charge on any atom is 0.211 e. The normalized spacial score (nSPS) is 12.4. The highest BCUT2D eigenvalue weighted by atomic mass is 32.2. The van der Waals surface area contributed by atoms with E-state index < -0.39 is 16.0 Å². The second-order valence-corrected chi connectivity index (χ2v) is 10.2. The maximum absolute atomic E-state index is 12.0. The Morgan fingerprint density at radius 1 is 0.852 bits per heavy atom. The van der Waals surface area contributed by atoms with Gasteiger partial charge in [-0.15, -0.1) is 0 Å². The van der Waals surface area contributed by atoms with Crippen LogP contribution in [0.2, 0.25) is 0 Å². The number of aliphatic carboxylic acids is 1. The molecule has 0 aromatic carbocycles. The van der Waals surface area contributed by atoms with E-state index >= 15 is 0 Å². The molecule has 27 heavy (non-hydrogen) atoms. The molecule has 1 N–H and O–H groups in total. The van der Waals surface area contributed by atoms with Crippen LogP contribution in [-0.2, 0) is 14.8 Å². The number of hydrogen-bond donors (Lipinski definition) is 1. The Hall–Kier alpha value is -0.660. The van der Waals surface area contributed by atoms with Crippen LogP contribution in [0, 0.1) is 0 Å². The summed E-state index contributed by atoms with van der Waals surface area (Å²) in [5.41, 5.74) is 0. The molecule has 0 aliphatic heterocycles. The van der Waals surface area contributed by atoms with Crippen LogP contribution in [0.25, 0.3) is 0 Å². The number of nitrogens with one attached hydrogen (secondary N) is 1. The fraction of sp³-hybridized carbons (Fsp3) is 0.950. The lowest BCUT2D eigenvalue weighted by atomic mass is 10.1. The summed E-state index contributed by atoms with van der Waals surface area (Å²) in [6.07, 6.45) is 13.8. The standard InChI is InChI=1S/C20H42N2O4S/c1-4-5-6-7-8-9-10-11-12-13-14-18-27(25,26)21-16-15-17-22(2,3)19-20(23)24/h21H,4-19H2,1-3H3. The molecule has 0 fully saturated rings. The van der Waals surface area contributed by atoms with Crippen LogP contribution in [0.15, 0.2) is 0 Å². The highest BCUT2D eigenvalue weighted by molar-refractivity contribution is 7.89. The number of hydrogen-bond acceptors (Lipinski definition) is 4. The van der Waals surface area contributed by atoms with Gasteiger partial charge in [-0.1, -0.05) is 71.1 Å². The number of sulfonamides is 1. The zero-order chi connectivity index (χ0) is 20.6. The van der Waals surface area contributed by atoms with Crippen LogP contribution in [0.3, 0.4) is 0 Å². The van der Waals surface area contributed by atoms with Crippen molar-refractivity contribution in [1.82, 2.24) is 4.72 Å². The van der Waals surface area contributed by atoms with E-state index in [0.717, 1.165) is 12.8 Å². The first-order chi connectivity index (χ1) is 12.7. The molecule has 0 saturated carbocycles. The van der Waals surface area contributed by atoms with Gasteiger partial charge in [0, 0.05) is 13.0 Å². The van der Waals surface area contributed by atoms with Crippen LogP contribution >= 0.6 is 0 Å². The molecule has 162 valence electrons. The molecular weight excluding hydrogens is 364 g/mol. The van der Waals surface area contributed by atoms with Gasteiger partial charge in [0.05, 0.1) is 32.4 Å². The van der Waals surface area contributed by atoms with Gasteiger partial charge in [-0.05, 0) is 6.42 Å². The molecule has 0 aliphatic rings. The summed E-state index contributed by atoms with van der Waals surface area (Å²) in [4.78, 5) is 10.7. The first-order valence-corrected chi connectivity index (χ1v) is 12.3. The molecule has 0 aliphatic carbocycles. The lowest BCUT2D eigenvalue weighted by Gasteiger charge is -2.30. The van der Waals surface area contributed by atoms with Crippen molar-refractivity contribution in [2.45, 2.75) is 84.0 Å². The second kappa shape index (κ2) is 15.3. The maximum atomic E-state index is 12.0. The molecule has 0 heterocycles. The average Bonchev–Trinajstić information content (AvgIpc) is 2.55. The predicted octanol–water partition coefficient (Wildman–Crippen LogP) is 2.43. The van der Waals surface area contributed by atoms with Gasteiger partial charge in [0.15, 0.2) is 0 Å². The Bertz CT molecular complexity index is 478. The molecule has 0 amide bonds. The van der Waals surface area contributed by atoms with E-state index in [2.05, 4.69) is 11.6 Å². The number of nitrogens with zero attached hydrogens (tertiary/aromatic N) is 1. The first-order valence-electron chi connectivity index (χ1n) is 10.7. The molecule has 0 saturated heterocycles. The van der Waals surface area contributed by atoms with Crippen molar-refractivity contribution in [1.29, 1.82) is 0 Å². The van der Waals surface area contributed by atoms with Crippen molar-refractivity contribution in [3.05, 3.63) is 0 Å². The van der Waals surface area contributed by atoms with Crippen molar-refractivity contribution >= 4 is 16.0 Å². The fourth-order valence-corrected chi connectivity index (χ4v) is 4.38. The smallest absolute Gasteiger partial charge is 0.211 e. The van der Waals surface area contributed by atoms with Crippen LogP contribution in [-0.4, -0.2) is 58.4 Å². The van der Waals surface area contributed by atoms with Gasteiger partial charge in [-0.2, -0.15) is 0 Å². The van der Waals surface area contributed by atoms with Gasteiger partial charge in [0.1, 0.15) is 6.54 Å². The SMILES string of the molecule is CCCCCCCCCCCCCS(=O)(=O)NCCC[N+](C)(C)CC(=O)[O-].